The fraction of sp³-hybridized carbons (Fsp3) is 0. The zero-order valence-corrected chi connectivity index (χ0v) is 18.3. The van der Waals surface area contributed by atoms with Crippen molar-refractivity contribution in [1.82, 2.24) is 15.0 Å². The Morgan fingerprint density at radius 1 is 0.857 bits per heavy atom. The van der Waals surface area contributed by atoms with Crippen LogP contribution in [-0.2, 0) is 0 Å². The van der Waals surface area contributed by atoms with Crippen LogP contribution in [0.5, 0.6) is 11.5 Å². The largest absolute Gasteiger partial charge is 0.457 e. The van der Waals surface area contributed by atoms with E-state index in [1.807, 2.05) is 6.07 Å². The lowest BCUT2D eigenvalue weighted by atomic mass is 10.1. The normalized spacial score (nSPS) is 10.4. The Balaban J connectivity index is 1.33. The van der Waals surface area contributed by atoms with Crippen molar-refractivity contribution in [3.8, 4) is 11.5 Å². The lowest BCUT2D eigenvalue weighted by Crippen LogP contribution is -2.12. The Morgan fingerprint density at radius 3 is 2.57 bits per heavy atom. The van der Waals surface area contributed by atoms with Gasteiger partial charge >= 0.3 is 0 Å². The second-order valence-electron chi connectivity index (χ2n) is 7.49. The number of ether oxygens (including phenoxy) is 1. The van der Waals surface area contributed by atoms with Crippen molar-refractivity contribution in [3.05, 3.63) is 115 Å². The van der Waals surface area contributed by atoms with Crippen LogP contribution < -0.4 is 15.4 Å². The molecular formula is C27H18N6O2. The minimum Gasteiger partial charge on any atom is -0.457 e. The van der Waals surface area contributed by atoms with Crippen LogP contribution in [0.4, 0.5) is 22.9 Å². The fourth-order valence-electron chi connectivity index (χ4n) is 3.47. The molecule has 0 aliphatic heterocycles. The molecule has 8 heteroatoms. The van der Waals surface area contributed by atoms with Crippen molar-refractivity contribution in [2.24, 2.45) is 0 Å². The number of anilines is 3. The van der Waals surface area contributed by atoms with Crippen molar-refractivity contribution < 1.29 is 9.53 Å². The number of nitrogens with zero attached hydrogens (tertiary/aromatic N) is 4. The molecule has 3 heterocycles. The van der Waals surface area contributed by atoms with Crippen LogP contribution in [-0.4, -0.2) is 20.9 Å². The Morgan fingerprint density at radius 2 is 1.71 bits per heavy atom. The van der Waals surface area contributed by atoms with Gasteiger partial charge in [-0.2, -0.15) is 0 Å². The summed E-state index contributed by atoms with van der Waals surface area (Å²) in [5, 5.41) is 6.92. The van der Waals surface area contributed by atoms with E-state index in [1.165, 1.54) is 0 Å². The minimum atomic E-state index is -0.286. The molecule has 0 saturated heterocycles. The van der Waals surface area contributed by atoms with E-state index in [2.05, 4.69) is 30.4 Å². The molecule has 0 atom stereocenters. The summed E-state index contributed by atoms with van der Waals surface area (Å²) >= 11 is 0. The summed E-state index contributed by atoms with van der Waals surface area (Å²) in [6, 6.07) is 21.1. The lowest BCUT2D eigenvalue weighted by molar-refractivity contribution is 0.102. The fourth-order valence-corrected chi connectivity index (χ4v) is 3.47. The van der Waals surface area contributed by atoms with Gasteiger partial charge in [-0.1, -0.05) is 12.1 Å². The maximum absolute atomic E-state index is 12.9. The molecule has 2 N–H and O–H groups in total. The van der Waals surface area contributed by atoms with Crippen molar-refractivity contribution in [1.29, 1.82) is 0 Å². The molecule has 0 spiro atoms. The van der Waals surface area contributed by atoms with Crippen LogP contribution in [0.25, 0.3) is 15.7 Å². The number of carbonyl (C=O) groups is 1. The highest BCUT2D eigenvalue weighted by atomic mass is 16.5. The van der Waals surface area contributed by atoms with Gasteiger partial charge in [0.15, 0.2) is 5.69 Å². The topological polar surface area (TPSA) is 93.4 Å². The van der Waals surface area contributed by atoms with Gasteiger partial charge in [-0.25, -0.2) is 9.83 Å². The van der Waals surface area contributed by atoms with E-state index >= 15 is 0 Å². The summed E-state index contributed by atoms with van der Waals surface area (Å²) in [6.07, 6.45) is 6.54. The number of rotatable bonds is 6. The summed E-state index contributed by atoms with van der Waals surface area (Å²) in [4.78, 5) is 29.1. The van der Waals surface area contributed by atoms with Crippen LogP contribution >= 0.6 is 0 Å². The Kier molecular flexibility index (Phi) is 5.96. The van der Waals surface area contributed by atoms with Gasteiger partial charge in [-0.05, 0) is 54.6 Å². The van der Waals surface area contributed by atoms with E-state index in [1.54, 1.807) is 91.5 Å². The number of pyridine rings is 3. The smallest absolute Gasteiger partial charge is 0.255 e. The molecule has 0 unspecified atom stereocenters. The number of nitrogens with one attached hydrogen (secondary N) is 2. The summed E-state index contributed by atoms with van der Waals surface area (Å²) in [7, 11) is 0. The van der Waals surface area contributed by atoms with Crippen LogP contribution in [0, 0.1) is 6.57 Å². The number of fused-ring (bicyclic) bond motifs is 1. The van der Waals surface area contributed by atoms with Crippen LogP contribution in [0.1, 0.15) is 10.4 Å². The highest BCUT2D eigenvalue weighted by Gasteiger charge is 2.10. The molecule has 0 saturated carbocycles. The lowest BCUT2D eigenvalue weighted by Gasteiger charge is -2.11. The first-order valence-electron chi connectivity index (χ1n) is 10.7. The molecule has 0 radical (unpaired) electrons. The second-order valence-corrected chi connectivity index (χ2v) is 7.49. The standard InChI is InChI=1S/C27H18N6O2/c1-28-19-5-6-24-23(17-19)25(10-14-30-24)33-26-15-18(7-13-31-26)27(34)32-20-3-2-4-22(16-20)35-21-8-11-29-12-9-21/h2-17H,(H,32,34)(H,30,31,33). The van der Waals surface area contributed by atoms with Crippen LogP contribution in [0.2, 0.25) is 0 Å². The molecule has 3 aromatic heterocycles. The van der Waals surface area contributed by atoms with Gasteiger partial charge in [0.2, 0.25) is 0 Å². The molecular weight excluding hydrogens is 440 g/mol. The first kappa shape index (κ1) is 21.6. The molecule has 0 fully saturated rings. The maximum atomic E-state index is 12.9. The summed E-state index contributed by atoms with van der Waals surface area (Å²) < 4.78 is 5.81. The Labute approximate surface area is 201 Å². The van der Waals surface area contributed by atoms with Gasteiger partial charge in [0.25, 0.3) is 5.91 Å². The number of amides is 1. The number of hydrogen-bond acceptors (Lipinski definition) is 6. The second kappa shape index (κ2) is 9.68. The Hall–Kier alpha value is -5.29. The minimum absolute atomic E-state index is 0.286. The number of hydrogen-bond donors (Lipinski definition) is 2. The summed E-state index contributed by atoms with van der Waals surface area (Å²) in [6.45, 7) is 7.26. The third-order valence-electron chi connectivity index (χ3n) is 5.12. The zero-order valence-electron chi connectivity index (χ0n) is 18.3. The molecule has 35 heavy (non-hydrogen) atoms. The van der Waals surface area contributed by atoms with Gasteiger partial charge in [0.05, 0.1) is 12.1 Å². The van der Waals surface area contributed by atoms with Gasteiger partial charge in [0.1, 0.15) is 17.3 Å². The average molecular weight is 458 g/mol. The van der Waals surface area contributed by atoms with E-state index < -0.39 is 0 Å². The monoisotopic (exact) mass is 458 g/mol. The summed E-state index contributed by atoms with van der Waals surface area (Å²) in [5.41, 5.74) is 3.05. The highest BCUT2D eigenvalue weighted by molar-refractivity contribution is 6.05. The molecule has 0 aliphatic carbocycles. The van der Waals surface area contributed by atoms with Gasteiger partial charge in [-0.15, -0.1) is 0 Å². The van der Waals surface area contributed by atoms with Crippen LogP contribution in [0.15, 0.2) is 97.6 Å². The van der Waals surface area contributed by atoms with E-state index in [9.17, 15) is 4.79 Å². The SMILES string of the molecule is [C-]#[N+]c1ccc2nccc(Nc3cc(C(=O)Nc4cccc(Oc5ccncc5)c4)ccn3)c2c1. The summed E-state index contributed by atoms with van der Waals surface area (Å²) in [5.74, 6) is 1.45. The predicted molar refractivity (Wildman–Crippen MR) is 134 cm³/mol. The first-order valence-corrected chi connectivity index (χ1v) is 10.7. The molecule has 1 amide bonds. The van der Waals surface area contributed by atoms with Crippen molar-refractivity contribution in [2.45, 2.75) is 0 Å². The molecule has 0 aliphatic rings. The maximum Gasteiger partial charge on any atom is 0.255 e. The molecule has 5 rings (SSSR count). The van der Waals surface area contributed by atoms with Crippen LogP contribution in [0.3, 0.4) is 0 Å². The van der Waals surface area contributed by atoms with Gasteiger partial charge in [0, 0.05) is 53.2 Å². The highest BCUT2D eigenvalue weighted by Crippen LogP contribution is 2.28. The molecule has 168 valence electrons. The third kappa shape index (κ3) is 5.05. The molecule has 0 bridgehead atoms. The zero-order chi connectivity index (χ0) is 24.0. The predicted octanol–water partition coefficient (Wildman–Crippen LogP) is 6.36. The van der Waals surface area contributed by atoms with E-state index in [0.29, 0.717) is 34.3 Å². The van der Waals surface area contributed by atoms with Crippen molar-refractivity contribution >= 4 is 39.7 Å². The number of benzene rings is 2. The molecule has 2 aromatic carbocycles. The quantitative estimate of drug-likeness (QED) is 0.288. The van der Waals surface area contributed by atoms with Crippen molar-refractivity contribution in [3.63, 3.8) is 0 Å². The Bertz CT molecular complexity index is 1560. The van der Waals surface area contributed by atoms with Gasteiger partial charge < -0.3 is 15.4 Å². The molecule has 8 nitrogen and oxygen atoms in total. The first-order chi connectivity index (χ1) is 17.2. The van der Waals surface area contributed by atoms with E-state index in [-0.39, 0.29) is 5.91 Å². The van der Waals surface area contributed by atoms with E-state index in [4.69, 9.17) is 11.3 Å². The van der Waals surface area contributed by atoms with Crippen molar-refractivity contribution in [2.75, 3.05) is 10.6 Å². The number of aromatic nitrogens is 3. The number of carbonyl (C=O) groups excluding carboxylic acids is 1. The third-order valence-corrected chi connectivity index (χ3v) is 5.12. The van der Waals surface area contributed by atoms with Gasteiger partial charge in [-0.3, -0.25) is 14.8 Å². The van der Waals surface area contributed by atoms with E-state index in [0.717, 1.165) is 16.6 Å². The average Bonchev–Trinajstić information content (AvgIpc) is 2.89. The molecule has 5 aromatic rings.